The van der Waals surface area contributed by atoms with Gasteiger partial charge < -0.3 is 25.0 Å². The van der Waals surface area contributed by atoms with Gasteiger partial charge in [-0.2, -0.15) is 0 Å². The van der Waals surface area contributed by atoms with Crippen LogP contribution in [-0.2, 0) is 18.3 Å². The van der Waals surface area contributed by atoms with Crippen molar-refractivity contribution in [1.82, 2.24) is 25.4 Å². The van der Waals surface area contributed by atoms with Crippen molar-refractivity contribution < 1.29 is 9.84 Å². The molecule has 150 valence electrons. The summed E-state index contributed by atoms with van der Waals surface area (Å²) in [5, 5.41) is 24.9. The summed E-state index contributed by atoms with van der Waals surface area (Å²) >= 11 is 0. The minimum absolute atomic E-state index is 0. The maximum atomic E-state index is 10.3. The third-order valence-corrected chi connectivity index (χ3v) is 4.05. The van der Waals surface area contributed by atoms with Crippen molar-refractivity contribution in [2.24, 2.45) is 12.0 Å². The van der Waals surface area contributed by atoms with Crippen LogP contribution in [0.5, 0.6) is 0 Å². The van der Waals surface area contributed by atoms with Crippen LogP contribution in [-0.4, -0.2) is 52.6 Å². The molecule has 0 aliphatic carbocycles. The van der Waals surface area contributed by atoms with Crippen molar-refractivity contribution in [3.63, 3.8) is 0 Å². The minimum Gasteiger partial charge on any atom is -0.388 e. The van der Waals surface area contributed by atoms with E-state index in [0.29, 0.717) is 38.6 Å². The summed E-state index contributed by atoms with van der Waals surface area (Å²) < 4.78 is 6.98. The number of hydrogen-bond acceptors (Lipinski definition) is 5. The van der Waals surface area contributed by atoms with Gasteiger partial charge in [0, 0.05) is 27.2 Å². The zero-order chi connectivity index (χ0) is 18.8. The standard InChI is InChI=1S/C18H28N6O2.HI/c1-14-22-23-17(24(14)2)13-21-18(20-11-12-26-3)19-10-9-16(25)15-7-5-4-6-8-15;/h4-8,16,25H,9-13H2,1-3H3,(H2,19,20,21);1H. The fraction of sp³-hybridized carbons (Fsp3) is 0.500. The van der Waals surface area contributed by atoms with Crippen LogP contribution in [0.3, 0.4) is 0 Å². The lowest BCUT2D eigenvalue weighted by Crippen LogP contribution is -2.39. The lowest BCUT2D eigenvalue weighted by molar-refractivity contribution is 0.168. The number of halogens is 1. The first kappa shape index (κ1) is 23.3. The molecule has 27 heavy (non-hydrogen) atoms. The SMILES string of the molecule is COCCNC(=NCc1nnc(C)n1C)NCCC(O)c1ccccc1.I. The second-order valence-corrected chi connectivity index (χ2v) is 5.95. The van der Waals surface area contributed by atoms with Crippen LogP contribution < -0.4 is 10.6 Å². The number of aliphatic hydroxyl groups is 1. The zero-order valence-corrected chi connectivity index (χ0v) is 18.4. The van der Waals surface area contributed by atoms with E-state index < -0.39 is 6.10 Å². The summed E-state index contributed by atoms with van der Waals surface area (Å²) in [5.41, 5.74) is 0.912. The highest BCUT2D eigenvalue weighted by Crippen LogP contribution is 2.14. The Morgan fingerprint density at radius 3 is 2.56 bits per heavy atom. The number of guanidine groups is 1. The molecule has 1 atom stereocenters. The second kappa shape index (κ2) is 12.6. The van der Waals surface area contributed by atoms with Crippen molar-refractivity contribution >= 4 is 29.9 Å². The summed E-state index contributed by atoms with van der Waals surface area (Å²) in [7, 11) is 3.58. The van der Waals surface area contributed by atoms with Gasteiger partial charge >= 0.3 is 0 Å². The Morgan fingerprint density at radius 2 is 1.93 bits per heavy atom. The second-order valence-electron chi connectivity index (χ2n) is 5.95. The van der Waals surface area contributed by atoms with E-state index in [4.69, 9.17) is 4.74 Å². The monoisotopic (exact) mass is 488 g/mol. The topological polar surface area (TPSA) is 96.6 Å². The molecule has 0 fully saturated rings. The number of rotatable bonds is 9. The van der Waals surface area contributed by atoms with Crippen LogP contribution in [0.2, 0.25) is 0 Å². The summed E-state index contributed by atoms with van der Waals surface area (Å²) in [4.78, 5) is 4.54. The number of hydrogen-bond donors (Lipinski definition) is 3. The fourth-order valence-corrected chi connectivity index (χ4v) is 2.35. The Kier molecular flexibility index (Phi) is 10.9. The maximum Gasteiger partial charge on any atom is 0.191 e. The van der Waals surface area contributed by atoms with Gasteiger partial charge in [-0.25, -0.2) is 4.99 Å². The Bertz CT molecular complexity index is 692. The lowest BCUT2D eigenvalue weighted by Gasteiger charge is -2.15. The molecule has 3 N–H and O–H groups in total. The molecule has 1 aromatic heterocycles. The van der Waals surface area contributed by atoms with Crippen molar-refractivity contribution in [1.29, 1.82) is 0 Å². The maximum absolute atomic E-state index is 10.3. The number of benzene rings is 1. The predicted octanol–water partition coefficient (Wildman–Crippen LogP) is 1.55. The first-order chi connectivity index (χ1) is 12.6. The van der Waals surface area contributed by atoms with Crippen molar-refractivity contribution in [3.05, 3.63) is 47.5 Å². The molecular weight excluding hydrogens is 459 g/mol. The molecule has 0 aliphatic rings. The lowest BCUT2D eigenvalue weighted by atomic mass is 10.1. The Hall–Kier alpha value is -1.72. The van der Waals surface area contributed by atoms with Crippen LogP contribution in [0.25, 0.3) is 0 Å². The van der Waals surface area contributed by atoms with E-state index in [-0.39, 0.29) is 24.0 Å². The third-order valence-electron chi connectivity index (χ3n) is 4.05. The number of nitrogens with zero attached hydrogens (tertiary/aromatic N) is 4. The van der Waals surface area contributed by atoms with Crippen molar-refractivity contribution in [3.8, 4) is 0 Å². The molecule has 1 heterocycles. The molecule has 0 radical (unpaired) electrons. The summed E-state index contributed by atoms with van der Waals surface area (Å²) in [5.74, 6) is 2.30. The van der Waals surface area contributed by atoms with E-state index in [9.17, 15) is 5.11 Å². The predicted molar refractivity (Wildman–Crippen MR) is 116 cm³/mol. The molecular formula is C18H29IN6O2. The molecule has 0 saturated carbocycles. The highest BCUT2D eigenvalue weighted by molar-refractivity contribution is 14.0. The van der Waals surface area contributed by atoms with Crippen LogP contribution in [0.15, 0.2) is 35.3 Å². The largest absolute Gasteiger partial charge is 0.388 e. The van der Waals surface area contributed by atoms with Gasteiger partial charge in [0.1, 0.15) is 12.4 Å². The first-order valence-corrected chi connectivity index (χ1v) is 8.70. The molecule has 0 aliphatic heterocycles. The van der Waals surface area contributed by atoms with Crippen molar-refractivity contribution in [2.75, 3.05) is 26.8 Å². The third kappa shape index (κ3) is 7.81. The number of aliphatic hydroxyl groups excluding tert-OH is 1. The van der Waals surface area contributed by atoms with Gasteiger partial charge in [0.05, 0.1) is 12.7 Å². The van der Waals surface area contributed by atoms with Gasteiger partial charge in [-0.3, -0.25) is 0 Å². The first-order valence-electron chi connectivity index (χ1n) is 8.70. The Morgan fingerprint density at radius 1 is 1.22 bits per heavy atom. The van der Waals surface area contributed by atoms with Gasteiger partial charge in [-0.15, -0.1) is 34.2 Å². The summed E-state index contributed by atoms with van der Waals surface area (Å²) in [6, 6.07) is 9.63. The fourth-order valence-electron chi connectivity index (χ4n) is 2.35. The van der Waals surface area contributed by atoms with Gasteiger partial charge in [0.25, 0.3) is 0 Å². The highest BCUT2D eigenvalue weighted by Gasteiger charge is 2.08. The van der Waals surface area contributed by atoms with Crippen LogP contribution in [0.1, 0.15) is 29.7 Å². The quantitative estimate of drug-likeness (QED) is 0.215. The molecule has 2 aromatic rings. The number of methoxy groups -OCH3 is 1. The van der Waals surface area contributed by atoms with Crippen molar-refractivity contribution in [2.45, 2.75) is 26.0 Å². The van der Waals surface area contributed by atoms with Gasteiger partial charge in [-0.05, 0) is 18.9 Å². The number of aryl methyl sites for hydroxylation is 1. The average Bonchev–Trinajstić information content (AvgIpc) is 2.98. The molecule has 0 spiro atoms. The molecule has 0 amide bonds. The minimum atomic E-state index is -0.509. The molecule has 1 unspecified atom stereocenters. The Labute approximate surface area is 177 Å². The number of ether oxygens (including phenoxy) is 1. The summed E-state index contributed by atoms with van der Waals surface area (Å²) in [6.45, 7) is 4.13. The smallest absolute Gasteiger partial charge is 0.191 e. The van der Waals surface area contributed by atoms with E-state index in [0.717, 1.165) is 17.2 Å². The van der Waals surface area contributed by atoms with Gasteiger partial charge in [-0.1, -0.05) is 30.3 Å². The van der Waals surface area contributed by atoms with E-state index >= 15 is 0 Å². The highest BCUT2D eigenvalue weighted by atomic mass is 127. The molecule has 0 bridgehead atoms. The number of aliphatic imine (C=N–C) groups is 1. The average molecular weight is 488 g/mol. The zero-order valence-electron chi connectivity index (χ0n) is 16.1. The summed E-state index contributed by atoms with van der Waals surface area (Å²) in [6.07, 6.45) is 0.0724. The molecule has 1 aromatic carbocycles. The van der Waals surface area contributed by atoms with Crippen LogP contribution in [0, 0.1) is 6.92 Å². The van der Waals surface area contributed by atoms with Crippen LogP contribution in [0.4, 0.5) is 0 Å². The van der Waals surface area contributed by atoms with E-state index in [1.54, 1.807) is 7.11 Å². The van der Waals surface area contributed by atoms with E-state index in [1.807, 2.05) is 48.9 Å². The van der Waals surface area contributed by atoms with Gasteiger partial charge in [0.2, 0.25) is 0 Å². The molecule has 0 saturated heterocycles. The van der Waals surface area contributed by atoms with E-state index in [2.05, 4.69) is 25.8 Å². The normalized spacial score (nSPS) is 12.4. The number of nitrogens with one attached hydrogen (secondary N) is 2. The number of aromatic nitrogens is 3. The van der Waals surface area contributed by atoms with Gasteiger partial charge in [0.15, 0.2) is 11.8 Å². The van der Waals surface area contributed by atoms with Crippen LogP contribution >= 0.6 is 24.0 Å². The molecule has 9 heteroatoms. The van der Waals surface area contributed by atoms with E-state index in [1.165, 1.54) is 0 Å². The molecule has 2 rings (SSSR count). The Balaban J connectivity index is 0.00000364. The molecule has 8 nitrogen and oxygen atoms in total.